The fraction of sp³-hybridized carbons (Fsp3) is 0.185. The molecular weight excluding hydrogens is 516 g/mol. The van der Waals surface area contributed by atoms with E-state index in [1.165, 1.54) is 37.7 Å². The largest absolute Gasteiger partial charge is 0.493 e. The second-order valence-corrected chi connectivity index (χ2v) is 9.43. The SMILES string of the molecule is COc1cc(CC(=O)N2COC(c3sc4ccc(Oc5ccccc5)cc4c3Cl)=N2)cc(OC)c1OC. The van der Waals surface area contributed by atoms with E-state index in [1.54, 1.807) is 12.1 Å². The highest BCUT2D eigenvalue weighted by molar-refractivity contribution is 7.21. The van der Waals surface area contributed by atoms with Gasteiger partial charge in [0.25, 0.3) is 5.90 Å². The smallest absolute Gasteiger partial charge is 0.252 e. The van der Waals surface area contributed by atoms with Crippen LogP contribution in [-0.4, -0.2) is 44.9 Å². The van der Waals surface area contributed by atoms with E-state index in [-0.39, 0.29) is 19.1 Å². The number of ether oxygens (including phenoxy) is 5. The number of benzene rings is 3. The van der Waals surface area contributed by atoms with Crippen molar-refractivity contribution in [2.24, 2.45) is 5.10 Å². The maximum absolute atomic E-state index is 13.0. The van der Waals surface area contributed by atoms with Crippen LogP contribution in [0.4, 0.5) is 0 Å². The van der Waals surface area contributed by atoms with E-state index in [9.17, 15) is 4.79 Å². The van der Waals surface area contributed by atoms with Crippen molar-refractivity contribution in [1.29, 1.82) is 0 Å². The van der Waals surface area contributed by atoms with Crippen LogP contribution in [0.25, 0.3) is 10.1 Å². The van der Waals surface area contributed by atoms with Crippen LogP contribution in [0.3, 0.4) is 0 Å². The predicted octanol–water partition coefficient (Wildman–Crippen LogP) is 6.09. The number of amides is 1. The van der Waals surface area contributed by atoms with E-state index in [1.807, 2.05) is 48.5 Å². The second-order valence-electron chi connectivity index (χ2n) is 8.00. The standard InChI is InChI=1S/C27H23ClN2O6S/c1-32-20-11-16(12-21(33-2)25(20)34-3)13-23(31)30-15-35-27(29-30)26-24(28)19-14-18(9-10-22(19)37-26)36-17-7-5-4-6-8-17/h4-12,14H,13,15H2,1-3H3. The van der Waals surface area contributed by atoms with Gasteiger partial charge in [-0.3, -0.25) is 4.79 Å². The molecule has 37 heavy (non-hydrogen) atoms. The number of para-hydroxylation sites is 1. The molecule has 1 amide bonds. The lowest BCUT2D eigenvalue weighted by atomic mass is 10.1. The number of rotatable bonds is 8. The molecule has 190 valence electrons. The summed E-state index contributed by atoms with van der Waals surface area (Å²) in [6.07, 6.45) is 0.0667. The predicted molar refractivity (Wildman–Crippen MR) is 142 cm³/mol. The Labute approximate surface area is 222 Å². The molecule has 0 aliphatic carbocycles. The second kappa shape index (κ2) is 10.6. The first-order chi connectivity index (χ1) is 18.0. The number of hydrogen-bond acceptors (Lipinski definition) is 8. The normalized spacial score (nSPS) is 12.8. The zero-order chi connectivity index (χ0) is 25.9. The number of nitrogens with zero attached hydrogens (tertiary/aromatic N) is 2. The van der Waals surface area contributed by atoms with Gasteiger partial charge in [-0.05, 0) is 48.0 Å². The Hall–Kier alpha value is -3.95. The van der Waals surface area contributed by atoms with E-state index in [4.69, 9.17) is 35.3 Å². The van der Waals surface area contributed by atoms with Crippen molar-refractivity contribution in [2.45, 2.75) is 6.42 Å². The maximum atomic E-state index is 13.0. The van der Waals surface area contributed by atoms with Crippen molar-refractivity contribution in [3.05, 3.63) is 76.1 Å². The lowest BCUT2D eigenvalue weighted by Gasteiger charge is -2.15. The summed E-state index contributed by atoms with van der Waals surface area (Å²) in [4.78, 5) is 13.7. The van der Waals surface area contributed by atoms with E-state index >= 15 is 0 Å². The number of halogens is 1. The van der Waals surface area contributed by atoms with Crippen LogP contribution in [-0.2, 0) is 16.0 Å². The van der Waals surface area contributed by atoms with Crippen molar-refractivity contribution >= 4 is 44.8 Å². The van der Waals surface area contributed by atoms with E-state index in [0.29, 0.717) is 44.4 Å². The summed E-state index contributed by atoms with van der Waals surface area (Å²) in [6.45, 7) is -0.00840. The molecule has 5 rings (SSSR count). The molecule has 3 aromatic carbocycles. The molecular formula is C27H23ClN2O6S. The number of carbonyl (C=O) groups excluding carboxylic acids is 1. The van der Waals surface area contributed by atoms with Crippen LogP contribution < -0.4 is 18.9 Å². The molecule has 0 saturated carbocycles. The summed E-state index contributed by atoms with van der Waals surface area (Å²) in [7, 11) is 4.58. The summed E-state index contributed by atoms with van der Waals surface area (Å²) in [5.41, 5.74) is 0.689. The molecule has 4 aromatic rings. The molecule has 0 radical (unpaired) electrons. The number of carbonyl (C=O) groups is 1. The third kappa shape index (κ3) is 5.00. The number of fused-ring (bicyclic) bond motifs is 1. The average Bonchev–Trinajstić information content (AvgIpc) is 3.53. The molecule has 0 fully saturated rings. The number of hydrogen-bond donors (Lipinski definition) is 0. The van der Waals surface area contributed by atoms with E-state index < -0.39 is 0 Å². The highest BCUT2D eigenvalue weighted by atomic mass is 35.5. The first-order valence-electron chi connectivity index (χ1n) is 11.3. The van der Waals surface area contributed by atoms with Gasteiger partial charge < -0.3 is 23.7 Å². The van der Waals surface area contributed by atoms with Crippen molar-refractivity contribution < 1.29 is 28.5 Å². The van der Waals surface area contributed by atoms with Gasteiger partial charge in [0.15, 0.2) is 18.2 Å². The van der Waals surface area contributed by atoms with Crippen LogP contribution in [0, 0.1) is 0 Å². The van der Waals surface area contributed by atoms with E-state index in [0.717, 1.165) is 15.8 Å². The van der Waals surface area contributed by atoms with Gasteiger partial charge in [0.2, 0.25) is 11.7 Å². The molecule has 8 nitrogen and oxygen atoms in total. The topological polar surface area (TPSA) is 78.8 Å². The van der Waals surface area contributed by atoms with Gasteiger partial charge in [-0.25, -0.2) is 0 Å². The first-order valence-corrected chi connectivity index (χ1v) is 12.5. The molecule has 0 bridgehead atoms. The van der Waals surface area contributed by atoms with Gasteiger partial charge in [-0.1, -0.05) is 29.8 Å². The molecule has 0 atom stereocenters. The Kier molecular flexibility index (Phi) is 7.07. The quantitative estimate of drug-likeness (QED) is 0.270. The first kappa shape index (κ1) is 24.7. The highest BCUT2D eigenvalue weighted by Gasteiger charge is 2.27. The van der Waals surface area contributed by atoms with Crippen LogP contribution in [0.2, 0.25) is 5.02 Å². The van der Waals surface area contributed by atoms with Crippen molar-refractivity contribution in [3.8, 4) is 28.7 Å². The molecule has 1 aromatic heterocycles. The average molecular weight is 539 g/mol. The number of thiophene rings is 1. The highest BCUT2D eigenvalue weighted by Crippen LogP contribution is 2.40. The van der Waals surface area contributed by atoms with Crippen molar-refractivity contribution in [3.63, 3.8) is 0 Å². The van der Waals surface area contributed by atoms with Gasteiger partial charge >= 0.3 is 0 Å². The van der Waals surface area contributed by atoms with Crippen molar-refractivity contribution in [1.82, 2.24) is 5.01 Å². The third-order valence-electron chi connectivity index (χ3n) is 5.67. The Balaban J connectivity index is 1.35. The van der Waals surface area contributed by atoms with Gasteiger partial charge in [0.05, 0.1) is 32.8 Å². The van der Waals surface area contributed by atoms with E-state index in [2.05, 4.69) is 5.10 Å². The summed E-state index contributed by atoms with van der Waals surface area (Å²) in [5.74, 6) is 2.86. The van der Waals surface area contributed by atoms with Crippen LogP contribution in [0.1, 0.15) is 10.4 Å². The lowest BCUT2D eigenvalue weighted by molar-refractivity contribution is -0.132. The third-order valence-corrected chi connectivity index (χ3v) is 7.34. The fourth-order valence-corrected chi connectivity index (χ4v) is 5.33. The Morgan fingerprint density at radius 1 is 1.00 bits per heavy atom. The van der Waals surface area contributed by atoms with Gasteiger partial charge in [-0.15, -0.1) is 16.4 Å². The Morgan fingerprint density at radius 3 is 2.41 bits per heavy atom. The van der Waals surface area contributed by atoms with Crippen molar-refractivity contribution in [2.75, 3.05) is 28.1 Å². The Bertz CT molecular complexity index is 1460. The summed E-state index contributed by atoms with van der Waals surface area (Å²) in [6, 6.07) is 18.7. The van der Waals surface area contributed by atoms with Crippen LogP contribution in [0.15, 0.2) is 65.8 Å². The van der Waals surface area contributed by atoms with Gasteiger partial charge in [0.1, 0.15) is 16.4 Å². The monoisotopic (exact) mass is 538 g/mol. The zero-order valence-corrected chi connectivity index (χ0v) is 21.9. The molecule has 0 unspecified atom stereocenters. The minimum absolute atomic E-state index is 0.00840. The zero-order valence-electron chi connectivity index (χ0n) is 20.3. The number of methoxy groups -OCH3 is 3. The molecule has 0 saturated heterocycles. The van der Waals surface area contributed by atoms with Crippen LogP contribution in [0.5, 0.6) is 28.7 Å². The molecule has 1 aliphatic rings. The minimum atomic E-state index is -0.250. The molecule has 10 heteroatoms. The van der Waals surface area contributed by atoms with Gasteiger partial charge in [0, 0.05) is 10.1 Å². The summed E-state index contributed by atoms with van der Waals surface area (Å²) in [5, 5.41) is 7.01. The van der Waals surface area contributed by atoms with Crippen LogP contribution >= 0.6 is 22.9 Å². The molecule has 1 aliphatic heterocycles. The van der Waals surface area contributed by atoms with Gasteiger partial charge in [-0.2, -0.15) is 5.01 Å². The summed E-state index contributed by atoms with van der Waals surface area (Å²) < 4.78 is 28.7. The lowest BCUT2D eigenvalue weighted by Crippen LogP contribution is -2.25. The molecule has 0 spiro atoms. The minimum Gasteiger partial charge on any atom is -0.493 e. The molecule has 2 heterocycles. The molecule has 0 N–H and O–H groups in total. The Morgan fingerprint density at radius 2 is 1.73 bits per heavy atom. The fourth-order valence-electron chi connectivity index (χ4n) is 3.90. The summed E-state index contributed by atoms with van der Waals surface area (Å²) >= 11 is 8.16. The number of hydrazone groups is 1. The maximum Gasteiger partial charge on any atom is 0.252 e.